The van der Waals surface area contributed by atoms with E-state index in [1.54, 1.807) is 6.08 Å². The molecule has 1 amide bonds. The lowest BCUT2D eigenvalue weighted by Crippen LogP contribution is -2.45. The molecule has 2 unspecified atom stereocenters. The van der Waals surface area contributed by atoms with Crippen molar-refractivity contribution in [3.8, 4) is 0 Å². The third kappa shape index (κ3) is 61.2. The predicted molar refractivity (Wildman–Crippen MR) is 329 cm³/mol. The highest BCUT2D eigenvalue weighted by molar-refractivity contribution is 5.76. The first-order valence-electron chi connectivity index (χ1n) is 33.8. The third-order valence-electron chi connectivity index (χ3n) is 15.6. The molecule has 0 aromatic carbocycles. The molecule has 0 aliphatic carbocycles. The Hall–Kier alpha value is -1.92. The minimum absolute atomic E-state index is 0.00191. The van der Waals surface area contributed by atoms with E-state index in [1.165, 1.54) is 289 Å². The molecule has 0 spiro atoms. The van der Waals surface area contributed by atoms with Crippen LogP contribution in [-0.2, 0) is 14.3 Å². The van der Waals surface area contributed by atoms with E-state index in [2.05, 4.69) is 43.5 Å². The van der Waals surface area contributed by atoms with Gasteiger partial charge < -0.3 is 20.3 Å². The van der Waals surface area contributed by atoms with Gasteiger partial charge in [-0.3, -0.25) is 9.59 Å². The van der Waals surface area contributed by atoms with Crippen molar-refractivity contribution in [2.75, 3.05) is 13.2 Å². The molecule has 0 aromatic heterocycles. The van der Waals surface area contributed by atoms with Gasteiger partial charge in [-0.05, 0) is 83.5 Å². The molecular formula is C69H131NO5. The van der Waals surface area contributed by atoms with Gasteiger partial charge in [-0.2, -0.15) is 0 Å². The molecule has 0 aromatic rings. The number of rotatable bonds is 63. The van der Waals surface area contributed by atoms with Crippen molar-refractivity contribution in [2.24, 2.45) is 0 Å². The van der Waals surface area contributed by atoms with Gasteiger partial charge in [0.2, 0.25) is 5.91 Å². The number of amides is 1. The monoisotopic (exact) mass is 1050 g/mol. The van der Waals surface area contributed by atoms with Gasteiger partial charge in [0.05, 0.1) is 25.4 Å². The number of carbonyl (C=O) groups excluding carboxylic acids is 2. The van der Waals surface area contributed by atoms with Gasteiger partial charge in [-0.25, -0.2) is 0 Å². The molecular weight excluding hydrogens is 923 g/mol. The van der Waals surface area contributed by atoms with Crippen LogP contribution in [0.4, 0.5) is 0 Å². The smallest absolute Gasteiger partial charge is 0.305 e. The first-order valence-corrected chi connectivity index (χ1v) is 33.8. The van der Waals surface area contributed by atoms with Gasteiger partial charge in [0.15, 0.2) is 0 Å². The van der Waals surface area contributed by atoms with Crippen molar-refractivity contribution in [1.29, 1.82) is 0 Å². The number of nitrogens with one attached hydrogen (secondary N) is 1. The summed E-state index contributed by atoms with van der Waals surface area (Å²) in [5.74, 6) is -0.0754. The second-order valence-corrected chi connectivity index (χ2v) is 23.1. The van der Waals surface area contributed by atoms with Crippen molar-refractivity contribution < 1.29 is 24.5 Å². The van der Waals surface area contributed by atoms with Gasteiger partial charge in [0, 0.05) is 12.8 Å². The fourth-order valence-corrected chi connectivity index (χ4v) is 10.4. The topological polar surface area (TPSA) is 95.9 Å². The van der Waals surface area contributed by atoms with Crippen LogP contribution in [0.3, 0.4) is 0 Å². The molecule has 0 fully saturated rings. The SMILES string of the molecule is CCCCCCCC/C=C\CCCCCCCC(=O)OCCCCCCCCCCC/C=C\CCCCCCCCCC(=O)NC(CO)C(O)/C=C/CCCCCCCCCCCCCCCCCCCCCCC. The number of hydrogen-bond donors (Lipinski definition) is 3. The van der Waals surface area contributed by atoms with Gasteiger partial charge in [0.1, 0.15) is 0 Å². The van der Waals surface area contributed by atoms with Gasteiger partial charge in [-0.1, -0.05) is 307 Å². The zero-order valence-electron chi connectivity index (χ0n) is 50.5. The lowest BCUT2D eigenvalue weighted by Gasteiger charge is -2.20. The predicted octanol–water partition coefficient (Wildman–Crippen LogP) is 21.5. The number of hydrogen-bond acceptors (Lipinski definition) is 5. The Balaban J connectivity index is 3.46. The van der Waals surface area contributed by atoms with E-state index in [4.69, 9.17) is 4.74 Å². The Bertz CT molecular complexity index is 1210. The molecule has 0 saturated carbocycles. The fraction of sp³-hybridized carbons (Fsp3) is 0.884. The van der Waals surface area contributed by atoms with E-state index in [1.807, 2.05) is 6.08 Å². The molecule has 442 valence electrons. The van der Waals surface area contributed by atoms with Gasteiger partial charge in [0.25, 0.3) is 0 Å². The number of aliphatic hydroxyl groups is 2. The van der Waals surface area contributed by atoms with E-state index in [9.17, 15) is 19.8 Å². The minimum Gasteiger partial charge on any atom is -0.466 e. The van der Waals surface area contributed by atoms with Crippen LogP contribution in [-0.4, -0.2) is 47.4 Å². The summed E-state index contributed by atoms with van der Waals surface area (Å²) in [6.45, 7) is 4.91. The Morgan fingerprint density at radius 2 is 0.627 bits per heavy atom. The molecule has 6 nitrogen and oxygen atoms in total. The van der Waals surface area contributed by atoms with E-state index in [0.29, 0.717) is 19.4 Å². The van der Waals surface area contributed by atoms with Crippen molar-refractivity contribution in [3.63, 3.8) is 0 Å². The summed E-state index contributed by atoms with van der Waals surface area (Å²) in [6.07, 6.45) is 82.0. The summed E-state index contributed by atoms with van der Waals surface area (Å²) in [5.41, 5.74) is 0. The second-order valence-electron chi connectivity index (χ2n) is 23.1. The summed E-state index contributed by atoms with van der Waals surface area (Å²) in [6, 6.07) is -0.636. The Kier molecular flexibility index (Phi) is 63.0. The minimum atomic E-state index is -0.852. The highest BCUT2D eigenvalue weighted by Gasteiger charge is 2.18. The number of unbranched alkanes of at least 4 members (excludes halogenated alkanes) is 48. The van der Waals surface area contributed by atoms with Crippen LogP contribution < -0.4 is 5.32 Å². The zero-order chi connectivity index (χ0) is 54.3. The van der Waals surface area contributed by atoms with E-state index in [0.717, 1.165) is 51.4 Å². The molecule has 0 aliphatic rings. The standard InChI is InChI=1S/C69H131NO5/c1-3-5-7-9-11-13-15-17-19-20-21-22-23-24-27-30-34-37-41-45-49-53-57-61-67(72)66(65-71)70-68(73)62-58-54-50-46-42-38-35-31-28-25-26-29-32-36-40-44-48-52-56-60-64-75-69(74)63-59-55-51-47-43-39-33-18-16-14-12-10-8-6-4-2/h18,25,28,33,57,61,66-67,71-72H,3-17,19-24,26-27,29-32,34-56,58-60,62-65H2,1-2H3,(H,70,73)/b28-25-,33-18-,61-57+. The molecule has 0 aliphatic heterocycles. The molecule has 2 atom stereocenters. The van der Waals surface area contributed by atoms with Gasteiger partial charge in [-0.15, -0.1) is 0 Å². The summed E-state index contributed by atoms with van der Waals surface area (Å²) in [7, 11) is 0. The van der Waals surface area contributed by atoms with Crippen LogP contribution >= 0.6 is 0 Å². The van der Waals surface area contributed by atoms with E-state index >= 15 is 0 Å². The summed E-state index contributed by atoms with van der Waals surface area (Å²) >= 11 is 0. The molecule has 0 radical (unpaired) electrons. The van der Waals surface area contributed by atoms with Crippen LogP contribution in [0.25, 0.3) is 0 Å². The van der Waals surface area contributed by atoms with Crippen LogP contribution in [0.15, 0.2) is 36.5 Å². The van der Waals surface area contributed by atoms with Crippen molar-refractivity contribution in [3.05, 3.63) is 36.5 Å². The molecule has 6 heteroatoms. The molecule has 0 rings (SSSR count). The maximum Gasteiger partial charge on any atom is 0.305 e. The first kappa shape index (κ1) is 73.1. The molecule has 0 saturated heterocycles. The summed E-state index contributed by atoms with van der Waals surface area (Å²) < 4.78 is 5.48. The first-order chi connectivity index (χ1) is 37.0. The number of carbonyl (C=O) groups is 2. The van der Waals surface area contributed by atoms with Crippen molar-refractivity contribution in [1.82, 2.24) is 5.32 Å². The van der Waals surface area contributed by atoms with Crippen LogP contribution in [0, 0.1) is 0 Å². The normalized spacial score (nSPS) is 12.7. The maximum atomic E-state index is 12.5. The summed E-state index contributed by atoms with van der Waals surface area (Å²) in [4.78, 5) is 24.6. The second kappa shape index (κ2) is 64.6. The highest BCUT2D eigenvalue weighted by Crippen LogP contribution is 2.18. The zero-order valence-corrected chi connectivity index (χ0v) is 50.5. The van der Waals surface area contributed by atoms with Crippen molar-refractivity contribution in [2.45, 2.75) is 379 Å². The lowest BCUT2D eigenvalue weighted by molar-refractivity contribution is -0.143. The number of allylic oxidation sites excluding steroid dienone is 5. The summed E-state index contributed by atoms with van der Waals surface area (Å²) in [5, 5.41) is 23.2. The third-order valence-corrected chi connectivity index (χ3v) is 15.6. The Morgan fingerprint density at radius 1 is 0.360 bits per heavy atom. The van der Waals surface area contributed by atoms with Gasteiger partial charge >= 0.3 is 5.97 Å². The highest BCUT2D eigenvalue weighted by atomic mass is 16.5. The molecule has 75 heavy (non-hydrogen) atoms. The number of esters is 1. The number of ether oxygens (including phenoxy) is 1. The lowest BCUT2D eigenvalue weighted by atomic mass is 10.0. The molecule has 0 heterocycles. The largest absolute Gasteiger partial charge is 0.466 e. The Labute approximate surface area is 468 Å². The number of aliphatic hydroxyl groups excluding tert-OH is 2. The molecule has 0 bridgehead atoms. The average Bonchev–Trinajstić information content (AvgIpc) is 3.41. The van der Waals surface area contributed by atoms with Crippen LogP contribution in [0.2, 0.25) is 0 Å². The van der Waals surface area contributed by atoms with Crippen molar-refractivity contribution >= 4 is 11.9 Å². The van der Waals surface area contributed by atoms with E-state index < -0.39 is 12.1 Å². The quantitative estimate of drug-likeness (QED) is 0.0320. The molecule has 3 N–H and O–H groups in total. The van der Waals surface area contributed by atoms with Crippen LogP contribution in [0.1, 0.15) is 367 Å². The average molecular weight is 1050 g/mol. The van der Waals surface area contributed by atoms with Crippen LogP contribution in [0.5, 0.6) is 0 Å². The Morgan fingerprint density at radius 3 is 0.947 bits per heavy atom. The maximum absolute atomic E-state index is 12.5. The van der Waals surface area contributed by atoms with E-state index in [-0.39, 0.29) is 18.5 Å². The fourth-order valence-electron chi connectivity index (χ4n) is 10.4.